The minimum atomic E-state index is -2.18. The van der Waals surface area contributed by atoms with E-state index in [1.165, 1.54) is 0 Å². The van der Waals surface area contributed by atoms with Gasteiger partial charge in [0.1, 0.15) is 5.60 Å². The van der Waals surface area contributed by atoms with Crippen molar-refractivity contribution in [2.75, 3.05) is 20.4 Å². The SMILES string of the molecule is C=Cc1ccc2c(c1C(CN(C)C(=O)OC(C)(C)C)O[Si](C)(C)C(C)(C)C)OCO2. The Balaban J connectivity index is 2.47. The number of carbonyl (C=O) groups is 1. The van der Waals surface area contributed by atoms with E-state index in [0.717, 1.165) is 11.1 Å². The van der Waals surface area contributed by atoms with E-state index < -0.39 is 26.1 Å². The normalized spacial score (nSPS) is 15.0. The first-order chi connectivity index (χ1) is 13.7. The first-order valence-electron chi connectivity index (χ1n) is 10.3. The highest BCUT2D eigenvalue weighted by atomic mass is 28.4. The molecule has 0 aromatic heterocycles. The minimum Gasteiger partial charge on any atom is -0.454 e. The maximum Gasteiger partial charge on any atom is 0.410 e. The number of rotatable bonds is 6. The van der Waals surface area contributed by atoms with E-state index in [-0.39, 0.29) is 11.8 Å². The zero-order chi connectivity index (χ0) is 22.9. The molecule has 1 unspecified atom stereocenters. The third-order valence-electron chi connectivity index (χ3n) is 5.54. The summed E-state index contributed by atoms with van der Waals surface area (Å²) in [5.74, 6) is 1.34. The predicted octanol–water partition coefficient (Wildman–Crippen LogP) is 5.99. The van der Waals surface area contributed by atoms with Crippen LogP contribution in [0.1, 0.15) is 58.8 Å². The Morgan fingerprint density at radius 1 is 1.23 bits per heavy atom. The van der Waals surface area contributed by atoms with Gasteiger partial charge in [-0.3, -0.25) is 0 Å². The Morgan fingerprint density at radius 2 is 1.87 bits per heavy atom. The van der Waals surface area contributed by atoms with Crippen LogP contribution in [0.4, 0.5) is 4.79 Å². The van der Waals surface area contributed by atoms with Crippen molar-refractivity contribution in [2.24, 2.45) is 0 Å². The van der Waals surface area contributed by atoms with Gasteiger partial charge in [-0.2, -0.15) is 0 Å². The number of nitrogens with zero attached hydrogens (tertiary/aromatic N) is 1. The molecule has 0 fully saturated rings. The lowest BCUT2D eigenvalue weighted by molar-refractivity contribution is 0.0213. The molecule has 2 rings (SSSR count). The first-order valence-corrected chi connectivity index (χ1v) is 13.2. The van der Waals surface area contributed by atoms with Crippen molar-refractivity contribution in [3.05, 3.63) is 29.8 Å². The molecule has 168 valence electrons. The summed E-state index contributed by atoms with van der Waals surface area (Å²) < 4.78 is 23.8. The Hall–Kier alpha value is -1.99. The molecule has 0 bridgehead atoms. The molecule has 0 radical (unpaired) electrons. The number of hydrogen-bond donors (Lipinski definition) is 0. The molecular weight excluding hydrogens is 398 g/mol. The van der Waals surface area contributed by atoms with Gasteiger partial charge in [0.2, 0.25) is 6.79 Å². The summed E-state index contributed by atoms with van der Waals surface area (Å²) in [5, 5.41) is -0.000603. The second-order valence-corrected chi connectivity index (χ2v) is 15.0. The third-order valence-corrected chi connectivity index (χ3v) is 10.0. The molecule has 6 nitrogen and oxygen atoms in total. The summed E-state index contributed by atoms with van der Waals surface area (Å²) in [6.45, 7) is 21.0. The molecule has 0 aliphatic carbocycles. The second-order valence-electron chi connectivity index (χ2n) is 10.2. The van der Waals surface area contributed by atoms with Gasteiger partial charge in [-0.15, -0.1) is 0 Å². The molecule has 0 saturated carbocycles. The van der Waals surface area contributed by atoms with Gasteiger partial charge < -0.3 is 23.5 Å². The Morgan fingerprint density at radius 3 is 2.40 bits per heavy atom. The highest BCUT2D eigenvalue weighted by molar-refractivity contribution is 6.74. The lowest BCUT2D eigenvalue weighted by Crippen LogP contribution is -2.45. The van der Waals surface area contributed by atoms with Crippen molar-refractivity contribution in [3.8, 4) is 11.5 Å². The number of likely N-dealkylation sites (N-methyl/N-ethyl adjacent to an activating group) is 1. The monoisotopic (exact) mass is 435 g/mol. The largest absolute Gasteiger partial charge is 0.454 e. The summed E-state index contributed by atoms with van der Waals surface area (Å²) in [4.78, 5) is 14.2. The van der Waals surface area contributed by atoms with Crippen LogP contribution >= 0.6 is 0 Å². The summed E-state index contributed by atoms with van der Waals surface area (Å²) in [6, 6.07) is 3.83. The molecule has 1 aromatic rings. The molecule has 1 amide bonds. The zero-order valence-electron chi connectivity index (χ0n) is 19.9. The maximum atomic E-state index is 12.7. The fourth-order valence-corrected chi connectivity index (χ4v) is 4.16. The van der Waals surface area contributed by atoms with E-state index in [1.807, 2.05) is 32.9 Å². The molecule has 30 heavy (non-hydrogen) atoms. The maximum absolute atomic E-state index is 12.7. The van der Waals surface area contributed by atoms with Gasteiger partial charge in [-0.1, -0.05) is 39.5 Å². The summed E-state index contributed by atoms with van der Waals surface area (Å²) >= 11 is 0. The van der Waals surface area contributed by atoms with Gasteiger partial charge in [-0.25, -0.2) is 4.79 Å². The third kappa shape index (κ3) is 5.58. The van der Waals surface area contributed by atoms with E-state index in [2.05, 4.69) is 40.4 Å². The van der Waals surface area contributed by atoms with Crippen LogP contribution in [-0.2, 0) is 9.16 Å². The highest BCUT2D eigenvalue weighted by Gasteiger charge is 2.41. The van der Waals surface area contributed by atoms with Crippen LogP contribution in [-0.4, -0.2) is 45.3 Å². The number of fused-ring (bicyclic) bond motifs is 1. The average molecular weight is 436 g/mol. The number of ether oxygens (including phenoxy) is 3. The topological polar surface area (TPSA) is 57.2 Å². The predicted molar refractivity (Wildman–Crippen MR) is 123 cm³/mol. The van der Waals surface area contributed by atoms with E-state index >= 15 is 0 Å². The van der Waals surface area contributed by atoms with Crippen LogP contribution in [0.15, 0.2) is 18.7 Å². The molecular formula is C23H37NO5Si. The van der Waals surface area contributed by atoms with E-state index in [4.69, 9.17) is 18.6 Å². The molecule has 7 heteroatoms. The van der Waals surface area contributed by atoms with E-state index in [0.29, 0.717) is 18.0 Å². The highest BCUT2D eigenvalue weighted by Crippen LogP contribution is 2.46. The summed E-state index contributed by atoms with van der Waals surface area (Å²) in [6.07, 6.45) is 0.983. The van der Waals surface area contributed by atoms with Crippen molar-refractivity contribution in [1.82, 2.24) is 4.90 Å². The minimum absolute atomic E-state index is 0.000603. The van der Waals surface area contributed by atoms with Crippen LogP contribution < -0.4 is 9.47 Å². The second kappa shape index (κ2) is 8.63. The fraction of sp³-hybridized carbons (Fsp3) is 0.609. The summed E-state index contributed by atoms with van der Waals surface area (Å²) in [5.41, 5.74) is 1.19. The average Bonchev–Trinajstić information content (AvgIpc) is 3.05. The Labute approximate surface area is 182 Å². The molecule has 0 saturated heterocycles. The van der Waals surface area contributed by atoms with Crippen LogP contribution in [0.3, 0.4) is 0 Å². The number of carbonyl (C=O) groups excluding carboxylic acids is 1. The summed E-state index contributed by atoms with van der Waals surface area (Å²) in [7, 11) is -0.451. The quantitative estimate of drug-likeness (QED) is 0.514. The van der Waals surface area contributed by atoms with Gasteiger partial charge in [-0.05, 0) is 50.5 Å². The molecule has 1 heterocycles. The molecule has 1 aliphatic rings. The number of amides is 1. The molecule has 1 atom stereocenters. The fourth-order valence-electron chi connectivity index (χ4n) is 2.90. The molecule has 1 aliphatic heterocycles. The van der Waals surface area contributed by atoms with Gasteiger partial charge >= 0.3 is 6.09 Å². The van der Waals surface area contributed by atoms with Gasteiger partial charge in [0.25, 0.3) is 0 Å². The van der Waals surface area contributed by atoms with E-state index in [9.17, 15) is 4.79 Å². The van der Waals surface area contributed by atoms with Crippen molar-refractivity contribution in [3.63, 3.8) is 0 Å². The van der Waals surface area contributed by atoms with Crippen LogP contribution in [0.2, 0.25) is 18.1 Å². The Bertz CT molecular complexity index is 792. The molecule has 0 spiro atoms. The van der Waals surface area contributed by atoms with Crippen LogP contribution in [0, 0.1) is 0 Å². The van der Waals surface area contributed by atoms with Crippen molar-refractivity contribution < 1.29 is 23.4 Å². The van der Waals surface area contributed by atoms with Gasteiger partial charge in [0.15, 0.2) is 19.8 Å². The van der Waals surface area contributed by atoms with Crippen molar-refractivity contribution in [1.29, 1.82) is 0 Å². The van der Waals surface area contributed by atoms with Gasteiger partial charge in [0.05, 0.1) is 12.6 Å². The number of hydrogen-bond acceptors (Lipinski definition) is 5. The van der Waals surface area contributed by atoms with E-state index in [1.54, 1.807) is 18.0 Å². The van der Waals surface area contributed by atoms with Crippen molar-refractivity contribution >= 4 is 20.5 Å². The first kappa shape index (κ1) is 24.3. The van der Waals surface area contributed by atoms with Crippen molar-refractivity contribution in [2.45, 2.75) is 71.4 Å². The van der Waals surface area contributed by atoms with Gasteiger partial charge in [0, 0.05) is 12.6 Å². The smallest absolute Gasteiger partial charge is 0.410 e. The zero-order valence-corrected chi connectivity index (χ0v) is 20.9. The van der Waals surface area contributed by atoms with Crippen LogP contribution in [0.5, 0.6) is 11.5 Å². The lowest BCUT2D eigenvalue weighted by atomic mass is 10.00. The lowest BCUT2D eigenvalue weighted by Gasteiger charge is -2.40. The van der Waals surface area contributed by atoms with Crippen LogP contribution in [0.25, 0.3) is 6.08 Å². The standard InChI is InChI=1S/C23H37NO5Si/c1-11-16-12-13-17-20(27-15-26-17)19(16)18(29-30(9,10)23(5,6)7)14-24(8)21(25)28-22(2,3)4/h11-13,18H,1,14-15H2,2-10H3. The number of benzene rings is 1. The Kier molecular flexibility index (Phi) is 6.98. The molecule has 1 aromatic carbocycles. The molecule has 0 N–H and O–H groups in total.